The first-order valence-electron chi connectivity index (χ1n) is 5.28. The van der Waals surface area contributed by atoms with Crippen molar-refractivity contribution in [2.45, 2.75) is 31.7 Å². The molecule has 0 aliphatic heterocycles. The number of nitrogens with zero attached hydrogens (tertiary/aromatic N) is 1. The molecule has 6 heteroatoms. The Kier molecular flexibility index (Phi) is 5.36. The Morgan fingerprint density at radius 1 is 1.65 bits per heavy atom. The van der Waals surface area contributed by atoms with Crippen LogP contribution in [0.25, 0.3) is 0 Å². The molecule has 1 aromatic rings. The Morgan fingerprint density at radius 3 is 2.88 bits per heavy atom. The zero-order valence-electron chi connectivity index (χ0n) is 10.2. The zero-order valence-corrected chi connectivity index (χ0v) is 11.8. The van der Waals surface area contributed by atoms with Gasteiger partial charge in [-0.25, -0.2) is 4.98 Å². The third-order valence-corrected chi connectivity index (χ3v) is 3.48. The maximum atomic E-state index is 11.6. The lowest BCUT2D eigenvalue weighted by Gasteiger charge is -2.22. The average Bonchev–Trinajstić information content (AvgIpc) is 2.74. The Labute approximate surface area is 110 Å². The van der Waals surface area contributed by atoms with E-state index in [1.165, 1.54) is 11.3 Å². The Morgan fingerprint density at radius 2 is 2.35 bits per heavy atom. The summed E-state index contributed by atoms with van der Waals surface area (Å²) in [5.74, 6) is 0.333. The SMILES string of the molecule is COC(C)(C)CNC(=O)Cc1nc(CCl)cs1. The molecular weight excluding hydrogens is 260 g/mol. The van der Waals surface area contributed by atoms with Crippen LogP contribution in [-0.2, 0) is 21.8 Å². The number of hydrogen-bond donors (Lipinski definition) is 1. The van der Waals surface area contributed by atoms with Gasteiger partial charge in [-0.05, 0) is 13.8 Å². The summed E-state index contributed by atoms with van der Waals surface area (Å²) in [4.78, 5) is 15.9. The molecular formula is C11H17ClN2O2S. The molecule has 0 aromatic carbocycles. The Bertz CT molecular complexity index is 379. The highest BCUT2D eigenvalue weighted by atomic mass is 35.5. The van der Waals surface area contributed by atoms with Gasteiger partial charge in [0.1, 0.15) is 5.01 Å². The third-order valence-electron chi connectivity index (χ3n) is 2.31. The number of aromatic nitrogens is 1. The van der Waals surface area contributed by atoms with Gasteiger partial charge < -0.3 is 10.1 Å². The molecule has 0 aliphatic carbocycles. The second-order valence-electron chi connectivity index (χ2n) is 4.28. The monoisotopic (exact) mass is 276 g/mol. The molecule has 0 unspecified atom stereocenters. The maximum absolute atomic E-state index is 11.6. The van der Waals surface area contributed by atoms with Gasteiger partial charge in [-0.15, -0.1) is 22.9 Å². The van der Waals surface area contributed by atoms with Crippen LogP contribution in [0.4, 0.5) is 0 Å². The second kappa shape index (κ2) is 6.33. The first-order chi connectivity index (χ1) is 7.96. The first kappa shape index (κ1) is 14.4. The normalized spacial score (nSPS) is 11.5. The van der Waals surface area contributed by atoms with Gasteiger partial charge in [0.15, 0.2) is 0 Å². The van der Waals surface area contributed by atoms with Gasteiger partial charge in [0, 0.05) is 19.0 Å². The number of alkyl halides is 1. The number of carbonyl (C=O) groups excluding carboxylic acids is 1. The fourth-order valence-corrected chi connectivity index (χ4v) is 2.10. The van der Waals surface area contributed by atoms with E-state index in [9.17, 15) is 4.79 Å². The summed E-state index contributed by atoms with van der Waals surface area (Å²) < 4.78 is 5.21. The van der Waals surface area contributed by atoms with Crippen LogP contribution in [0.3, 0.4) is 0 Å². The first-order valence-corrected chi connectivity index (χ1v) is 6.69. The van der Waals surface area contributed by atoms with Gasteiger partial charge >= 0.3 is 0 Å². The van der Waals surface area contributed by atoms with Crippen molar-refractivity contribution < 1.29 is 9.53 Å². The van der Waals surface area contributed by atoms with Crippen LogP contribution >= 0.6 is 22.9 Å². The van der Waals surface area contributed by atoms with Crippen LogP contribution in [0, 0.1) is 0 Å². The number of methoxy groups -OCH3 is 1. The van der Waals surface area contributed by atoms with Crippen molar-refractivity contribution in [2.75, 3.05) is 13.7 Å². The van der Waals surface area contributed by atoms with E-state index in [0.717, 1.165) is 10.7 Å². The molecule has 0 aliphatic rings. The van der Waals surface area contributed by atoms with Gasteiger partial charge in [-0.1, -0.05) is 0 Å². The summed E-state index contributed by atoms with van der Waals surface area (Å²) in [6, 6.07) is 0. The van der Waals surface area contributed by atoms with Gasteiger partial charge in [0.2, 0.25) is 5.91 Å². The average molecular weight is 277 g/mol. The van der Waals surface area contributed by atoms with Crippen LogP contribution in [-0.4, -0.2) is 30.1 Å². The molecule has 1 rings (SSSR count). The predicted octanol–water partition coefficient (Wildman–Crippen LogP) is 1.97. The molecule has 96 valence electrons. The van der Waals surface area contributed by atoms with Crippen molar-refractivity contribution in [1.82, 2.24) is 10.3 Å². The largest absolute Gasteiger partial charge is 0.377 e. The quantitative estimate of drug-likeness (QED) is 0.808. The van der Waals surface area contributed by atoms with Crippen LogP contribution < -0.4 is 5.32 Å². The molecule has 4 nitrogen and oxygen atoms in total. The summed E-state index contributed by atoms with van der Waals surface area (Å²) in [5, 5.41) is 5.47. The molecule has 1 heterocycles. The molecule has 1 aromatic heterocycles. The maximum Gasteiger partial charge on any atom is 0.226 e. The molecule has 0 bridgehead atoms. The van der Waals surface area contributed by atoms with Crippen molar-refractivity contribution in [3.05, 3.63) is 16.1 Å². The molecule has 0 saturated carbocycles. The van der Waals surface area contributed by atoms with Crippen molar-refractivity contribution >= 4 is 28.8 Å². The highest BCUT2D eigenvalue weighted by Gasteiger charge is 2.17. The van der Waals surface area contributed by atoms with E-state index in [1.807, 2.05) is 19.2 Å². The van der Waals surface area contributed by atoms with Crippen molar-refractivity contribution in [2.24, 2.45) is 0 Å². The van der Waals surface area contributed by atoms with Crippen LogP contribution in [0.1, 0.15) is 24.5 Å². The van der Waals surface area contributed by atoms with E-state index in [4.69, 9.17) is 16.3 Å². The van der Waals surface area contributed by atoms with Gasteiger partial charge in [-0.2, -0.15) is 0 Å². The summed E-state index contributed by atoms with van der Waals surface area (Å²) in [6.45, 7) is 4.32. The lowest BCUT2D eigenvalue weighted by Crippen LogP contribution is -2.40. The summed E-state index contributed by atoms with van der Waals surface area (Å²) in [5.41, 5.74) is 0.469. The molecule has 0 saturated heterocycles. The van der Waals surface area contributed by atoms with E-state index in [1.54, 1.807) is 7.11 Å². The van der Waals surface area contributed by atoms with Crippen molar-refractivity contribution in [1.29, 1.82) is 0 Å². The third kappa shape index (κ3) is 5.02. The van der Waals surface area contributed by atoms with Crippen molar-refractivity contribution in [3.63, 3.8) is 0 Å². The van der Waals surface area contributed by atoms with E-state index >= 15 is 0 Å². The van der Waals surface area contributed by atoms with E-state index < -0.39 is 0 Å². The fourth-order valence-electron chi connectivity index (χ4n) is 1.07. The summed E-state index contributed by atoms with van der Waals surface area (Å²) in [7, 11) is 1.62. The standard InChI is InChI=1S/C11H17ClN2O2S/c1-11(2,16-3)7-13-9(15)4-10-14-8(5-12)6-17-10/h6H,4-5,7H2,1-3H3,(H,13,15). The van der Waals surface area contributed by atoms with E-state index in [-0.39, 0.29) is 11.5 Å². The number of halogens is 1. The van der Waals surface area contributed by atoms with Crippen LogP contribution in [0.15, 0.2) is 5.38 Å². The van der Waals surface area contributed by atoms with Gasteiger partial charge in [-0.3, -0.25) is 4.79 Å². The minimum Gasteiger partial charge on any atom is -0.377 e. The van der Waals surface area contributed by atoms with Crippen LogP contribution in [0.2, 0.25) is 0 Å². The number of thiazole rings is 1. The lowest BCUT2D eigenvalue weighted by molar-refractivity contribution is -0.121. The molecule has 17 heavy (non-hydrogen) atoms. The summed E-state index contributed by atoms with van der Waals surface area (Å²) in [6.07, 6.45) is 0.293. The highest BCUT2D eigenvalue weighted by Crippen LogP contribution is 2.12. The predicted molar refractivity (Wildman–Crippen MR) is 69.5 cm³/mol. The van der Waals surface area contributed by atoms with E-state index in [0.29, 0.717) is 18.8 Å². The molecule has 1 N–H and O–H groups in total. The molecule has 1 amide bonds. The van der Waals surface area contributed by atoms with E-state index in [2.05, 4.69) is 10.3 Å². The number of amides is 1. The highest BCUT2D eigenvalue weighted by molar-refractivity contribution is 7.09. The molecule has 0 fully saturated rings. The fraction of sp³-hybridized carbons (Fsp3) is 0.636. The number of nitrogens with one attached hydrogen (secondary N) is 1. The van der Waals surface area contributed by atoms with Gasteiger partial charge in [0.25, 0.3) is 0 Å². The minimum absolute atomic E-state index is 0.0504. The van der Waals surface area contributed by atoms with Crippen molar-refractivity contribution in [3.8, 4) is 0 Å². The second-order valence-corrected chi connectivity index (χ2v) is 5.49. The molecule has 0 spiro atoms. The van der Waals surface area contributed by atoms with Gasteiger partial charge in [0.05, 0.1) is 23.6 Å². The smallest absolute Gasteiger partial charge is 0.226 e. The number of carbonyl (C=O) groups is 1. The topological polar surface area (TPSA) is 51.2 Å². The number of rotatable bonds is 6. The Hall–Kier alpha value is -0.650. The van der Waals surface area contributed by atoms with Crippen LogP contribution in [0.5, 0.6) is 0 Å². The number of ether oxygens (including phenoxy) is 1. The zero-order chi connectivity index (χ0) is 12.9. The summed E-state index contributed by atoms with van der Waals surface area (Å²) >= 11 is 7.10. The number of hydrogen-bond acceptors (Lipinski definition) is 4. The molecule has 0 atom stereocenters. The minimum atomic E-state index is -0.347. The lowest BCUT2D eigenvalue weighted by atomic mass is 10.1. The Balaban J connectivity index is 2.39. The molecule has 0 radical (unpaired) electrons.